The van der Waals surface area contributed by atoms with Crippen molar-refractivity contribution in [2.45, 2.75) is 45.1 Å². The van der Waals surface area contributed by atoms with Crippen molar-refractivity contribution in [1.29, 1.82) is 0 Å². The van der Waals surface area contributed by atoms with E-state index in [1.165, 1.54) is 0 Å². The molecule has 5 N–H and O–H groups in total. The maximum absolute atomic E-state index is 12.2. The first kappa shape index (κ1) is 17.5. The molecule has 8 nitrogen and oxygen atoms in total. The largest absolute Gasteiger partial charge is 0.490 e. The van der Waals surface area contributed by atoms with Gasteiger partial charge in [-0.3, -0.25) is 14.9 Å². The molecule has 2 unspecified atom stereocenters. The highest BCUT2D eigenvalue weighted by Gasteiger charge is 2.24. The van der Waals surface area contributed by atoms with Crippen molar-refractivity contribution >= 4 is 11.8 Å². The molecule has 0 spiro atoms. The normalized spacial score (nSPS) is 22.7. The highest BCUT2D eigenvalue weighted by molar-refractivity contribution is 5.80. The highest BCUT2D eigenvalue weighted by Crippen LogP contribution is 2.32. The topological polar surface area (TPSA) is 115 Å². The van der Waals surface area contributed by atoms with Crippen LogP contribution in [0.4, 0.5) is 0 Å². The molecule has 25 heavy (non-hydrogen) atoms. The molecule has 2 aliphatic rings. The number of nitrogens with one attached hydrogen (secondary N) is 3. The van der Waals surface area contributed by atoms with Crippen LogP contribution in [0.2, 0.25) is 0 Å². The number of aryl methyl sites for hydroxylation is 1. The van der Waals surface area contributed by atoms with Crippen LogP contribution in [0.25, 0.3) is 0 Å². The number of amides is 2. The lowest BCUT2D eigenvalue weighted by Gasteiger charge is -2.28. The predicted molar refractivity (Wildman–Crippen MR) is 90.9 cm³/mol. The minimum atomic E-state index is -0.443. The molecule has 0 saturated carbocycles. The molecular formula is C17H24N4O4. The van der Waals surface area contributed by atoms with Gasteiger partial charge in [-0.15, -0.1) is 0 Å². The minimum absolute atomic E-state index is 0.128. The molecule has 2 amide bonds. The molecule has 1 fully saturated rings. The second-order valence-electron chi connectivity index (χ2n) is 6.35. The lowest BCUT2D eigenvalue weighted by molar-refractivity contribution is -0.126. The Labute approximate surface area is 146 Å². The molecule has 1 saturated heterocycles. The summed E-state index contributed by atoms with van der Waals surface area (Å²) in [4.78, 5) is 23.6. The van der Waals surface area contributed by atoms with Crippen molar-refractivity contribution in [1.82, 2.24) is 16.0 Å². The van der Waals surface area contributed by atoms with Crippen LogP contribution in [0.5, 0.6) is 11.5 Å². The van der Waals surface area contributed by atoms with Gasteiger partial charge in [-0.25, -0.2) is 0 Å². The SMILES string of the molecule is Cc1cc2c(cc1CNC(=O)CC1NC(=O)CC(N)N1)OCCCO2. The zero-order chi connectivity index (χ0) is 17.8. The van der Waals surface area contributed by atoms with Crippen molar-refractivity contribution in [2.24, 2.45) is 5.73 Å². The summed E-state index contributed by atoms with van der Waals surface area (Å²) in [5.74, 6) is 1.13. The molecule has 0 aliphatic carbocycles. The number of ether oxygens (including phenoxy) is 2. The van der Waals surface area contributed by atoms with Crippen molar-refractivity contribution in [3.05, 3.63) is 23.3 Å². The van der Waals surface area contributed by atoms with Gasteiger partial charge in [0.15, 0.2) is 11.5 Å². The highest BCUT2D eigenvalue weighted by atomic mass is 16.5. The number of fused-ring (bicyclic) bond motifs is 1. The van der Waals surface area contributed by atoms with Gasteiger partial charge < -0.3 is 25.8 Å². The summed E-state index contributed by atoms with van der Waals surface area (Å²) in [6, 6.07) is 3.84. The van der Waals surface area contributed by atoms with E-state index in [0.717, 1.165) is 23.3 Å². The summed E-state index contributed by atoms with van der Waals surface area (Å²) in [7, 11) is 0. The Hall–Kier alpha value is -2.32. The molecule has 1 aromatic rings. The lowest BCUT2D eigenvalue weighted by Crippen LogP contribution is -2.60. The first-order valence-electron chi connectivity index (χ1n) is 8.48. The summed E-state index contributed by atoms with van der Waals surface area (Å²) in [6.45, 7) is 3.62. The van der Waals surface area contributed by atoms with Crippen molar-refractivity contribution in [2.75, 3.05) is 13.2 Å². The van der Waals surface area contributed by atoms with Gasteiger partial charge >= 0.3 is 0 Å². The maximum atomic E-state index is 12.2. The quantitative estimate of drug-likeness (QED) is 0.603. The van der Waals surface area contributed by atoms with E-state index in [4.69, 9.17) is 15.2 Å². The summed E-state index contributed by atoms with van der Waals surface area (Å²) in [5.41, 5.74) is 7.72. The first-order chi connectivity index (χ1) is 12.0. The smallest absolute Gasteiger partial charge is 0.224 e. The number of carbonyl (C=O) groups is 2. The monoisotopic (exact) mass is 348 g/mol. The number of nitrogens with two attached hydrogens (primary N) is 1. The molecule has 2 atom stereocenters. The average Bonchev–Trinajstić information content (AvgIpc) is 2.76. The molecule has 2 aliphatic heterocycles. The van der Waals surface area contributed by atoms with Gasteiger partial charge in [0.2, 0.25) is 11.8 Å². The molecule has 3 rings (SSSR count). The van der Waals surface area contributed by atoms with E-state index < -0.39 is 12.3 Å². The van der Waals surface area contributed by atoms with Gasteiger partial charge in [-0.1, -0.05) is 0 Å². The standard InChI is InChI=1S/C17H24N4O4/c1-10-5-12-13(25-4-2-3-24-12)6-11(10)9-19-16(22)8-15-20-14(18)7-17(23)21-15/h5-6,14-15,20H,2-4,7-9,18H2,1H3,(H,19,22)(H,21,23). The fraction of sp³-hybridized carbons (Fsp3) is 0.529. The number of hydrogen-bond donors (Lipinski definition) is 4. The third-order valence-electron chi connectivity index (χ3n) is 4.23. The maximum Gasteiger partial charge on any atom is 0.224 e. The summed E-state index contributed by atoms with van der Waals surface area (Å²) in [6.07, 6.45) is 0.330. The average molecular weight is 348 g/mol. The molecule has 0 bridgehead atoms. The van der Waals surface area contributed by atoms with Crippen LogP contribution in [-0.2, 0) is 16.1 Å². The van der Waals surface area contributed by atoms with Gasteiger partial charge in [0, 0.05) is 13.0 Å². The Morgan fingerprint density at radius 1 is 1.32 bits per heavy atom. The van der Waals surface area contributed by atoms with Gasteiger partial charge in [-0.2, -0.15) is 0 Å². The fourth-order valence-corrected chi connectivity index (χ4v) is 2.92. The Kier molecular flexibility index (Phi) is 5.40. The van der Waals surface area contributed by atoms with E-state index in [-0.39, 0.29) is 24.7 Å². The Morgan fingerprint density at radius 3 is 2.76 bits per heavy atom. The predicted octanol–water partition coefficient (Wildman–Crippen LogP) is -0.117. The lowest BCUT2D eigenvalue weighted by atomic mass is 10.1. The third-order valence-corrected chi connectivity index (χ3v) is 4.23. The molecule has 136 valence electrons. The minimum Gasteiger partial charge on any atom is -0.490 e. The Bertz CT molecular complexity index is 664. The number of rotatable bonds is 4. The fourth-order valence-electron chi connectivity index (χ4n) is 2.92. The second-order valence-corrected chi connectivity index (χ2v) is 6.35. The van der Waals surface area contributed by atoms with Gasteiger partial charge in [0.05, 0.1) is 38.4 Å². The molecule has 1 aromatic carbocycles. The molecule has 8 heteroatoms. The summed E-state index contributed by atoms with van der Waals surface area (Å²) in [5, 5.41) is 8.56. The summed E-state index contributed by atoms with van der Waals surface area (Å²) >= 11 is 0. The van der Waals surface area contributed by atoms with Crippen LogP contribution in [0.15, 0.2) is 12.1 Å². The van der Waals surface area contributed by atoms with Crippen LogP contribution in [-0.4, -0.2) is 37.4 Å². The molecule has 2 heterocycles. The van der Waals surface area contributed by atoms with Crippen molar-refractivity contribution in [3.63, 3.8) is 0 Å². The van der Waals surface area contributed by atoms with E-state index in [9.17, 15) is 9.59 Å². The van der Waals surface area contributed by atoms with E-state index in [0.29, 0.717) is 25.5 Å². The van der Waals surface area contributed by atoms with Crippen LogP contribution in [0, 0.1) is 6.92 Å². The van der Waals surface area contributed by atoms with Crippen LogP contribution < -0.4 is 31.2 Å². The molecular weight excluding hydrogens is 324 g/mol. The molecule has 0 aromatic heterocycles. The first-order valence-corrected chi connectivity index (χ1v) is 8.48. The third kappa shape index (κ3) is 4.61. The van der Waals surface area contributed by atoms with Gasteiger partial charge in [0.1, 0.15) is 0 Å². The van der Waals surface area contributed by atoms with Crippen LogP contribution in [0.3, 0.4) is 0 Å². The van der Waals surface area contributed by atoms with Gasteiger partial charge in [0.25, 0.3) is 0 Å². The number of hydrogen-bond acceptors (Lipinski definition) is 6. The second kappa shape index (κ2) is 7.71. The zero-order valence-corrected chi connectivity index (χ0v) is 14.3. The van der Waals surface area contributed by atoms with Gasteiger partial charge in [-0.05, 0) is 30.2 Å². The zero-order valence-electron chi connectivity index (χ0n) is 14.3. The Morgan fingerprint density at radius 2 is 2.04 bits per heavy atom. The number of benzene rings is 1. The molecule has 0 radical (unpaired) electrons. The van der Waals surface area contributed by atoms with Crippen molar-refractivity contribution < 1.29 is 19.1 Å². The Balaban J connectivity index is 1.57. The summed E-state index contributed by atoms with van der Waals surface area (Å²) < 4.78 is 11.3. The van der Waals surface area contributed by atoms with E-state index in [1.54, 1.807) is 0 Å². The number of carbonyl (C=O) groups excluding carboxylic acids is 2. The van der Waals surface area contributed by atoms with Crippen LogP contribution >= 0.6 is 0 Å². The van der Waals surface area contributed by atoms with E-state index in [1.807, 2.05) is 19.1 Å². The van der Waals surface area contributed by atoms with Crippen LogP contribution in [0.1, 0.15) is 30.4 Å². The van der Waals surface area contributed by atoms with Crippen molar-refractivity contribution in [3.8, 4) is 11.5 Å². The van der Waals surface area contributed by atoms with E-state index in [2.05, 4.69) is 16.0 Å². The van der Waals surface area contributed by atoms with E-state index >= 15 is 0 Å².